The first-order valence-electron chi connectivity index (χ1n) is 7.57. The predicted octanol–water partition coefficient (Wildman–Crippen LogP) is 4.14. The number of carbonyl (C=O) groups excluding carboxylic acids is 1. The fourth-order valence-electron chi connectivity index (χ4n) is 2.13. The van der Waals surface area contributed by atoms with E-state index < -0.39 is 11.6 Å². The van der Waals surface area contributed by atoms with E-state index in [-0.39, 0.29) is 11.3 Å². The normalized spacial score (nSPS) is 10.1. The van der Waals surface area contributed by atoms with Gasteiger partial charge in [-0.2, -0.15) is 0 Å². The van der Waals surface area contributed by atoms with Crippen LogP contribution < -0.4 is 5.63 Å². The fraction of sp³-hybridized carbons (Fsp3) is 0.105. The smallest absolute Gasteiger partial charge is 0.351 e. The number of aromatic hydroxyl groups is 1. The number of rotatable bonds is 4. The van der Waals surface area contributed by atoms with Crippen molar-refractivity contribution in [3.05, 3.63) is 64.0 Å². The van der Waals surface area contributed by atoms with Crippen LogP contribution in [-0.4, -0.2) is 35.0 Å². The Kier molecular flexibility index (Phi) is 7.09. The van der Waals surface area contributed by atoms with Crippen molar-refractivity contribution < 1.29 is 24.2 Å². The van der Waals surface area contributed by atoms with Crippen LogP contribution >= 0.6 is 23.5 Å². The second-order valence-electron chi connectivity index (χ2n) is 5.20. The molecule has 0 saturated carbocycles. The minimum Gasteiger partial charge on any atom is -0.507 e. The molecule has 3 aromatic rings. The van der Waals surface area contributed by atoms with Gasteiger partial charge in [0.25, 0.3) is 0 Å². The number of fused-ring (bicyclic) bond motifs is 1. The Balaban J connectivity index is 0.000000208. The molecule has 2 aromatic carbocycles. The summed E-state index contributed by atoms with van der Waals surface area (Å²) in [6, 6.07) is 11.6. The van der Waals surface area contributed by atoms with E-state index in [1.54, 1.807) is 24.3 Å². The number of benzene rings is 2. The summed E-state index contributed by atoms with van der Waals surface area (Å²) >= 11 is 3.07. The molecule has 0 fully saturated rings. The van der Waals surface area contributed by atoms with E-state index in [0.717, 1.165) is 9.79 Å². The molecule has 8 heteroatoms. The van der Waals surface area contributed by atoms with Crippen molar-refractivity contribution in [2.45, 2.75) is 9.79 Å². The lowest BCUT2D eigenvalue weighted by molar-refractivity contribution is 0.0692. The van der Waals surface area contributed by atoms with Gasteiger partial charge in [-0.15, -0.1) is 23.5 Å². The van der Waals surface area contributed by atoms with Gasteiger partial charge in [-0.3, -0.25) is 4.79 Å². The SMILES string of the molecule is CSc1ccc(O)c(C=O)c1.CSc1ccc2oc(=O)c(C(=O)O)cc2c1. The molecule has 3 rings (SSSR count). The molecule has 0 aliphatic carbocycles. The number of hydrogen-bond acceptors (Lipinski definition) is 7. The van der Waals surface area contributed by atoms with Crippen molar-refractivity contribution in [3.8, 4) is 5.75 Å². The van der Waals surface area contributed by atoms with Crippen LogP contribution in [0.2, 0.25) is 0 Å². The van der Waals surface area contributed by atoms with E-state index >= 15 is 0 Å². The van der Waals surface area contributed by atoms with Crippen molar-refractivity contribution >= 4 is 46.7 Å². The average molecular weight is 404 g/mol. The van der Waals surface area contributed by atoms with Crippen LogP contribution in [0.4, 0.5) is 0 Å². The molecular formula is C19H16O6S2. The van der Waals surface area contributed by atoms with Crippen LogP contribution in [0.5, 0.6) is 5.75 Å². The van der Waals surface area contributed by atoms with Crippen molar-refractivity contribution in [3.63, 3.8) is 0 Å². The highest BCUT2D eigenvalue weighted by Crippen LogP contribution is 2.22. The van der Waals surface area contributed by atoms with Crippen molar-refractivity contribution in [2.75, 3.05) is 12.5 Å². The Morgan fingerprint density at radius 3 is 2.26 bits per heavy atom. The minimum atomic E-state index is -1.27. The molecule has 1 aromatic heterocycles. The molecule has 0 saturated heterocycles. The van der Waals surface area contributed by atoms with Gasteiger partial charge in [0.2, 0.25) is 0 Å². The first kappa shape index (κ1) is 20.6. The van der Waals surface area contributed by atoms with Crippen LogP contribution in [0, 0.1) is 0 Å². The van der Waals surface area contributed by atoms with Crippen LogP contribution in [0.25, 0.3) is 11.0 Å². The maximum Gasteiger partial charge on any atom is 0.351 e. The number of carboxylic acid groups (broad SMARTS) is 1. The highest BCUT2D eigenvalue weighted by Gasteiger charge is 2.12. The van der Waals surface area contributed by atoms with E-state index in [1.165, 1.54) is 35.7 Å². The lowest BCUT2D eigenvalue weighted by Gasteiger charge is -2.00. The lowest BCUT2D eigenvalue weighted by atomic mass is 10.2. The maximum absolute atomic E-state index is 11.3. The third kappa shape index (κ3) is 5.15. The molecule has 27 heavy (non-hydrogen) atoms. The average Bonchev–Trinajstić information content (AvgIpc) is 2.67. The highest BCUT2D eigenvalue weighted by atomic mass is 32.2. The third-order valence-electron chi connectivity index (χ3n) is 3.53. The first-order valence-corrected chi connectivity index (χ1v) is 10.0. The van der Waals surface area contributed by atoms with E-state index in [1.807, 2.05) is 18.6 Å². The molecule has 140 valence electrons. The van der Waals surface area contributed by atoms with Crippen LogP contribution in [-0.2, 0) is 0 Å². The molecular weight excluding hydrogens is 388 g/mol. The molecule has 2 N–H and O–H groups in total. The monoisotopic (exact) mass is 404 g/mol. The van der Waals surface area contributed by atoms with Crippen molar-refractivity contribution in [2.24, 2.45) is 0 Å². The number of aromatic carboxylic acids is 1. The number of phenolic OH excluding ortho intramolecular Hbond substituents is 1. The maximum atomic E-state index is 11.3. The van der Waals surface area contributed by atoms with Gasteiger partial charge in [0, 0.05) is 15.2 Å². The summed E-state index contributed by atoms with van der Waals surface area (Å²) < 4.78 is 4.91. The summed E-state index contributed by atoms with van der Waals surface area (Å²) in [6.07, 6.45) is 4.48. The summed E-state index contributed by atoms with van der Waals surface area (Å²) in [4.78, 5) is 34.3. The molecule has 0 radical (unpaired) electrons. The van der Waals surface area contributed by atoms with Crippen LogP contribution in [0.1, 0.15) is 20.7 Å². The summed E-state index contributed by atoms with van der Waals surface area (Å²) in [5, 5.41) is 18.5. The molecule has 1 heterocycles. The number of hydrogen-bond donors (Lipinski definition) is 2. The van der Waals surface area contributed by atoms with E-state index in [9.17, 15) is 14.4 Å². The van der Waals surface area contributed by atoms with Crippen molar-refractivity contribution in [1.82, 2.24) is 0 Å². The largest absolute Gasteiger partial charge is 0.507 e. The van der Waals surface area contributed by atoms with E-state index in [2.05, 4.69) is 0 Å². The number of thioether (sulfide) groups is 2. The number of aldehydes is 1. The summed E-state index contributed by atoms with van der Waals surface area (Å²) in [5.74, 6) is -1.23. The zero-order valence-corrected chi connectivity index (χ0v) is 16.1. The van der Waals surface area contributed by atoms with Gasteiger partial charge in [0.05, 0.1) is 5.56 Å². The molecule has 0 aliphatic heterocycles. The van der Waals surface area contributed by atoms with Gasteiger partial charge in [0.1, 0.15) is 16.9 Å². The zero-order chi connectivity index (χ0) is 20.0. The quantitative estimate of drug-likeness (QED) is 0.380. The molecule has 0 atom stereocenters. The van der Waals surface area contributed by atoms with Gasteiger partial charge in [-0.05, 0) is 55.0 Å². The van der Waals surface area contributed by atoms with Gasteiger partial charge in [-0.25, -0.2) is 9.59 Å². The van der Waals surface area contributed by atoms with E-state index in [4.69, 9.17) is 14.6 Å². The Morgan fingerprint density at radius 1 is 1.04 bits per heavy atom. The number of carboxylic acids is 1. The molecule has 6 nitrogen and oxygen atoms in total. The Morgan fingerprint density at radius 2 is 1.67 bits per heavy atom. The lowest BCUT2D eigenvalue weighted by Crippen LogP contribution is -2.12. The first-order chi connectivity index (χ1) is 12.9. The molecule has 0 unspecified atom stereocenters. The predicted molar refractivity (Wildman–Crippen MR) is 106 cm³/mol. The topological polar surface area (TPSA) is 105 Å². The summed E-state index contributed by atoms with van der Waals surface area (Å²) in [6.45, 7) is 0. The van der Waals surface area contributed by atoms with Crippen LogP contribution in [0.3, 0.4) is 0 Å². The molecule has 0 amide bonds. The molecule has 0 bridgehead atoms. The van der Waals surface area contributed by atoms with Crippen molar-refractivity contribution in [1.29, 1.82) is 0 Å². The Labute approximate surface area is 163 Å². The molecule has 0 spiro atoms. The Bertz CT molecular complexity index is 1040. The standard InChI is InChI=1S/C11H8O4S.C8H8O2S/c1-16-7-2-3-9-6(4-7)5-8(10(12)13)11(14)15-9;1-11-7-2-3-8(10)6(4-7)5-9/h2-5H,1H3,(H,12,13);2-5,10H,1H3. The van der Waals surface area contributed by atoms with Gasteiger partial charge in [-0.1, -0.05) is 0 Å². The van der Waals surface area contributed by atoms with Gasteiger partial charge < -0.3 is 14.6 Å². The van der Waals surface area contributed by atoms with E-state index in [0.29, 0.717) is 22.8 Å². The Hall–Kier alpha value is -2.71. The number of carbonyl (C=O) groups is 2. The number of phenols is 1. The highest BCUT2D eigenvalue weighted by molar-refractivity contribution is 7.98. The minimum absolute atomic E-state index is 0.0396. The molecule has 0 aliphatic rings. The van der Waals surface area contributed by atoms with Gasteiger partial charge >= 0.3 is 11.6 Å². The second kappa shape index (κ2) is 9.29. The van der Waals surface area contributed by atoms with Crippen LogP contribution in [0.15, 0.2) is 61.5 Å². The fourth-order valence-corrected chi connectivity index (χ4v) is 3.03. The third-order valence-corrected chi connectivity index (χ3v) is 4.98. The zero-order valence-electron chi connectivity index (χ0n) is 14.5. The summed E-state index contributed by atoms with van der Waals surface area (Å²) in [7, 11) is 0. The summed E-state index contributed by atoms with van der Waals surface area (Å²) in [5.41, 5.74) is -0.424. The van der Waals surface area contributed by atoms with Gasteiger partial charge in [0.15, 0.2) is 6.29 Å². The second-order valence-corrected chi connectivity index (χ2v) is 6.96.